The summed E-state index contributed by atoms with van der Waals surface area (Å²) in [5.74, 6) is -1.41. The van der Waals surface area contributed by atoms with Crippen LogP contribution in [-0.4, -0.2) is 25.7 Å². The highest BCUT2D eigenvalue weighted by molar-refractivity contribution is 5.86. The minimum atomic E-state index is -4.69. The van der Waals surface area contributed by atoms with E-state index in [4.69, 9.17) is 5.11 Å². The molecule has 0 aliphatic heterocycles. The molecule has 0 atom stereocenters. The summed E-state index contributed by atoms with van der Waals surface area (Å²) in [5.41, 5.74) is -0.0705. The molecule has 0 bridgehead atoms. The first-order valence-corrected chi connectivity index (χ1v) is 7.10. The topological polar surface area (TPSA) is 67.5 Å². The molecule has 0 radical (unpaired) electrons. The van der Waals surface area contributed by atoms with Gasteiger partial charge in [0.2, 0.25) is 0 Å². The molecule has 0 saturated heterocycles. The second kappa shape index (κ2) is 5.63. The van der Waals surface area contributed by atoms with Crippen LogP contribution >= 0.6 is 0 Å². The third-order valence-electron chi connectivity index (χ3n) is 3.59. The lowest BCUT2D eigenvalue weighted by Gasteiger charge is -2.11. The van der Waals surface area contributed by atoms with Crippen LogP contribution in [0.3, 0.4) is 0 Å². The molecule has 24 heavy (non-hydrogen) atoms. The average molecular weight is 335 g/mol. The van der Waals surface area contributed by atoms with Crippen molar-refractivity contribution in [3.63, 3.8) is 0 Å². The fourth-order valence-electron chi connectivity index (χ4n) is 2.34. The number of hydrogen-bond donors (Lipinski definition) is 1. The van der Waals surface area contributed by atoms with Gasteiger partial charge in [-0.05, 0) is 18.1 Å². The largest absolute Gasteiger partial charge is 0.476 e. The third-order valence-corrected chi connectivity index (χ3v) is 3.59. The number of aryl methyl sites for hydroxylation is 1. The predicted molar refractivity (Wildman–Crippen MR) is 79.8 cm³/mol. The summed E-state index contributed by atoms with van der Waals surface area (Å²) in [4.78, 5) is 15.1. The molecule has 1 aromatic carbocycles. The SMILES string of the molecule is CCc1ccc(-c2cc(C(F)(F)F)n3nc(C(=O)O)cc3n2)cc1. The molecule has 0 aliphatic rings. The van der Waals surface area contributed by atoms with E-state index < -0.39 is 23.5 Å². The summed E-state index contributed by atoms with van der Waals surface area (Å²) in [6.07, 6.45) is -3.88. The Kier molecular flexibility index (Phi) is 3.75. The summed E-state index contributed by atoms with van der Waals surface area (Å²) >= 11 is 0. The molecule has 0 unspecified atom stereocenters. The van der Waals surface area contributed by atoms with Crippen LogP contribution in [0.4, 0.5) is 13.2 Å². The van der Waals surface area contributed by atoms with Crippen LogP contribution in [0.5, 0.6) is 0 Å². The van der Waals surface area contributed by atoms with E-state index >= 15 is 0 Å². The Morgan fingerprint density at radius 3 is 2.42 bits per heavy atom. The number of aromatic carboxylic acids is 1. The molecule has 8 heteroatoms. The molecule has 1 N–H and O–H groups in total. The molecule has 3 rings (SSSR count). The molecule has 3 aromatic rings. The highest BCUT2D eigenvalue weighted by Crippen LogP contribution is 2.32. The van der Waals surface area contributed by atoms with E-state index in [1.807, 2.05) is 19.1 Å². The molecule has 0 fully saturated rings. The number of halogens is 3. The molecular weight excluding hydrogens is 323 g/mol. The maximum absolute atomic E-state index is 13.3. The summed E-state index contributed by atoms with van der Waals surface area (Å²) in [6, 6.07) is 8.88. The Bertz CT molecular complexity index is 915. The smallest absolute Gasteiger partial charge is 0.433 e. The van der Waals surface area contributed by atoms with Crippen molar-refractivity contribution in [3.8, 4) is 11.3 Å². The number of fused-ring (bicyclic) bond motifs is 1. The van der Waals surface area contributed by atoms with E-state index in [0.29, 0.717) is 10.1 Å². The van der Waals surface area contributed by atoms with Crippen LogP contribution < -0.4 is 0 Å². The summed E-state index contributed by atoms with van der Waals surface area (Å²) < 4.78 is 40.4. The second-order valence-corrected chi connectivity index (χ2v) is 5.18. The molecule has 0 saturated carbocycles. The molecule has 124 valence electrons. The lowest BCUT2D eigenvalue weighted by molar-refractivity contribution is -0.142. The van der Waals surface area contributed by atoms with Crippen molar-refractivity contribution < 1.29 is 23.1 Å². The van der Waals surface area contributed by atoms with E-state index in [-0.39, 0.29) is 11.3 Å². The fraction of sp³-hybridized carbons (Fsp3) is 0.188. The number of carboxylic acid groups (broad SMARTS) is 1. The van der Waals surface area contributed by atoms with Crippen molar-refractivity contribution in [2.75, 3.05) is 0 Å². The van der Waals surface area contributed by atoms with Gasteiger partial charge in [-0.15, -0.1) is 0 Å². The van der Waals surface area contributed by atoms with E-state index in [1.165, 1.54) is 0 Å². The van der Waals surface area contributed by atoms with Crippen molar-refractivity contribution in [3.05, 3.63) is 53.3 Å². The lowest BCUT2D eigenvalue weighted by Crippen LogP contribution is -2.14. The number of nitrogens with zero attached hydrogens (tertiary/aromatic N) is 3. The number of hydrogen-bond acceptors (Lipinski definition) is 3. The quantitative estimate of drug-likeness (QED) is 0.793. The second-order valence-electron chi connectivity index (χ2n) is 5.18. The summed E-state index contributed by atoms with van der Waals surface area (Å²) in [7, 11) is 0. The molecule has 0 aliphatic carbocycles. The Balaban J connectivity index is 2.23. The van der Waals surface area contributed by atoms with Crippen LogP contribution in [0, 0.1) is 0 Å². The van der Waals surface area contributed by atoms with Gasteiger partial charge in [0.15, 0.2) is 17.0 Å². The monoisotopic (exact) mass is 335 g/mol. The van der Waals surface area contributed by atoms with Crippen molar-refractivity contribution in [1.29, 1.82) is 0 Å². The maximum atomic E-state index is 13.3. The van der Waals surface area contributed by atoms with Crippen LogP contribution in [0.25, 0.3) is 16.9 Å². The Labute approximate surface area is 134 Å². The van der Waals surface area contributed by atoms with Crippen molar-refractivity contribution in [2.45, 2.75) is 19.5 Å². The number of carboxylic acids is 1. The van der Waals surface area contributed by atoms with Gasteiger partial charge in [0, 0.05) is 11.6 Å². The zero-order chi connectivity index (χ0) is 17.5. The third kappa shape index (κ3) is 2.82. The van der Waals surface area contributed by atoms with Crippen molar-refractivity contribution in [1.82, 2.24) is 14.6 Å². The number of carbonyl (C=O) groups is 1. The maximum Gasteiger partial charge on any atom is 0.433 e. The van der Waals surface area contributed by atoms with E-state index in [1.54, 1.807) is 12.1 Å². The molecule has 0 amide bonds. The number of benzene rings is 1. The minimum Gasteiger partial charge on any atom is -0.476 e. The zero-order valence-corrected chi connectivity index (χ0v) is 12.5. The lowest BCUT2D eigenvalue weighted by atomic mass is 10.1. The van der Waals surface area contributed by atoms with Gasteiger partial charge in [0.05, 0.1) is 5.69 Å². The summed E-state index contributed by atoms with van der Waals surface area (Å²) in [5, 5.41) is 12.4. The van der Waals surface area contributed by atoms with Crippen molar-refractivity contribution in [2.24, 2.45) is 0 Å². The standard InChI is InChI=1S/C16H12F3N3O2/c1-2-9-3-5-10(6-4-9)11-7-13(16(17,18)19)22-14(20-11)8-12(21-22)15(23)24/h3-8H,2H2,1H3,(H,23,24). The number of aromatic nitrogens is 3. The molecule has 5 nitrogen and oxygen atoms in total. The normalized spacial score (nSPS) is 11.8. The predicted octanol–water partition coefficient (Wildman–Crippen LogP) is 3.68. The van der Waals surface area contributed by atoms with Gasteiger partial charge in [0.1, 0.15) is 0 Å². The molecule has 2 aromatic heterocycles. The van der Waals surface area contributed by atoms with Crippen LogP contribution in [0.15, 0.2) is 36.4 Å². The van der Waals surface area contributed by atoms with Crippen LogP contribution in [0.1, 0.15) is 28.7 Å². The first-order chi connectivity index (χ1) is 11.3. The highest BCUT2D eigenvalue weighted by Gasteiger charge is 2.35. The number of alkyl halides is 3. The van der Waals surface area contributed by atoms with Gasteiger partial charge < -0.3 is 5.11 Å². The van der Waals surface area contributed by atoms with Crippen LogP contribution in [-0.2, 0) is 12.6 Å². The van der Waals surface area contributed by atoms with Gasteiger partial charge in [-0.2, -0.15) is 18.3 Å². The zero-order valence-electron chi connectivity index (χ0n) is 12.5. The van der Waals surface area contributed by atoms with E-state index in [9.17, 15) is 18.0 Å². The Morgan fingerprint density at radius 1 is 1.21 bits per heavy atom. The first-order valence-electron chi connectivity index (χ1n) is 7.10. The average Bonchev–Trinajstić information content (AvgIpc) is 2.97. The van der Waals surface area contributed by atoms with Gasteiger partial charge in [-0.25, -0.2) is 14.3 Å². The minimum absolute atomic E-state index is 0.106. The first kappa shape index (κ1) is 16.0. The van der Waals surface area contributed by atoms with Gasteiger partial charge in [-0.1, -0.05) is 31.2 Å². The van der Waals surface area contributed by atoms with Crippen molar-refractivity contribution >= 4 is 11.6 Å². The Morgan fingerprint density at radius 2 is 1.88 bits per heavy atom. The summed E-state index contributed by atoms with van der Waals surface area (Å²) in [6.45, 7) is 1.97. The van der Waals surface area contributed by atoms with Gasteiger partial charge in [-0.3, -0.25) is 0 Å². The molecular formula is C16H12F3N3O2. The van der Waals surface area contributed by atoms with Gasteiger partial charge >= 0.3 is 12.1 Å². The molecule has 2 heterocycles. The molecule has 0 spiro atoms. The Hall–Kier alpha value is -2.90. The van der Waals surface area contributed by atoms with Gasteiger partial charge in [0.25, 0.3) is 0 Å². The van der Waals surface area contributed by atoms with Crippen LogP contribution in [0.2, 0.25) is 0 Å². The number of rotatable bonds is 3. The van der Waals surface area contributed by atoms with E-state index in [2.05, 4.69) is 10.1 Å². The van der Waals surface area contributed by atoms with E-state index in [0.717, 1.165) is 24.1 Å². The highest BCUT2D eigenvalue weighted by atomic mass is 19.4. The fourth-order valence-corrected chi connectivity index (χ4v) is 2.34.